The number of hydrogen-bond acceptors (Lipinski definition) is 5. The van der Waals surface area contributed by atoms with Crippen LogP contribution in [0.5, 0.6) is 17.2 Å². The third-order valence-corrected chi connectivity index (χ3v) is 7.96. The van der Waals surface area contributed by atoms with Crippen molar-refractivity contribution in [2.24, 2.45) is 0 Å². The van der Waals surface area contributed by atoms with E-state index < -0.39 is 5.97 Å². The molecule has 8 nitrogen and oxygen atoms in total. The highest BCUT2D eigenvalue weighted by molar-refractivity contribution is 7.80. The van der Waals surface area contributed by atoms with Gasteiger partial charge in [-0.3, -0.25) is 4.98 Å². The van der Waals surface area contributed by atoms with E-state index in [1.807, 2.05) is 79.7 Å². The summed E-state index contributed by atoms with van der Waals surface area (Å²) < 4.78 is 13.4. The maximum Gasteiger partial charge on any atom is 0.335 e. The van der Waals surface area contributed by atoms with Gasteiger partial charge in [0, 0.05) is 29.0 Å². The van der Waals surface area contributed by atoms with Crippen LogP contribution in [-0.4, -0.2) is 32.8 Å². The van der Waals surface area contributed by atoms with Crippen molar-refractivity contribution in [1.29, 1.82) is 0 Å². The Bertz CT molecular complexity index is 1790. The molecule has 216 valence electrons. The molecule has 5 aromatic rings. The van der Waals surface area contributed by atoms with Crippen molar-refractivity contribution in [2.75, 3.05) is 12.0 Å². The number of carbonyl (C=O) groups is 1. The van der Waals surface area contributed by atoms with Gasteiger partial charge in [0.2, 0.25) is 0 Å². The molecule has 0 aliphatic carbocycles. The van der Waals surface area contributed by atoms with Crippen molar-refractivity contribution in [3.63, 3.8) is 0 Å². The van der Waals surface area contributed by atoms with Gasteiger partial charge >= 0.3 is 5.97 Å². The number of aromatic nitrogens is 2. The second kappa shape index (κ2) is 11.6. The SMILES string of the molecule is COc1ccc(Oc2ccc(N3C(=S)N[C@@H](c4ccccn4)[C@H]3c3cc(C)n(-c4cccc(C(=O)O)c4)c3C)cc2)cc1. The highest BCUT2D eigenvalue weighted by Crippen LogP contribution is 2.44. The summed E-state index contributed by atoms with van der Waals surface area (Å²) >= 11 is 5.93. The number of aryl methyl sites for hydroxylation is 1. The fourth-order valence-corrected chi connectivity index (χ4v) is 6.01. The van der Waals surface area contributed by atoms with Gasteiger partial charge in [0.25, 0.3) is 0 Å². The van der Waals surface area contributed by atoms with Crippen molar-refractivity contribution in [3.8, 4) is 22.9 Å². The van der Waals surface area contributed by atoms with Crippen LogP contribution < -0.4 is 19.7 Å². The zero-order valence-electron chi connectivity index (χ0n) is 23.9. The Kier molecular flexibility index (Phi) is 7.56. The number of benzene rings is 3. The van der Waals surface area contributed by atoms with E-state index in [-0.39, 0.29) is 17.6 Å². The van der Waals surface area contributed by atoms with Crippen LogP contribution in [0.3, 0.4) is 0 Å². The zero-order chi connectivity index (χ0) is 30.1. The molecule has 0 bridgehead atoms. The maximum absolute atomic E-state index is 11.7. The van der Waals surface area contributed by atoms with Gasteiger partial charge in [-0.05, 0) is 117 Å². The highest BCUT2D eigenvalue weighted by atomic mass is 32.1. The van der Waals surface area contributed by atoms with Crippen LogP contribution in [0.1, 0.15) is 45.1 Å². The van der Waals surface area contributed by atoms with E-state index in [9.17, 15) is 9.90 Å². The molecule has 1 aliphatic rings. The van der Waals surface area contributed by atoms with Crippen LogP contribution in [0.15, 0.2) is 103 Å². The van der Waals surface area contributed by atoms with Gasteiger partial charge in [-0.2, -0.15) is 0 Å². The molecule has 1 fully saturated rings. The number of carboxylic acid groups (broad SMARTS) is 1. The van der Waals surface area contributed by atoms with Crippen molar-refractivity contribution in [3.05, 3.63) is 131 Å². The predicted octanol–water partition coefficient (Wildman–Crippen LogP) is 7.17. The average molecular weight is 591 g/mol. The Morgan fingerprint density at radius 3 is 2.23 bits per heavy atom. The molecule has 0 spiro atoms. The van der Waals surface area contributed by atoms with E-state index in [0.717, 1.165) is 39.8 Å². The lowest BCUT2D eigenvalue weighted by Crippen LogP contribution is -2.29. The van der Waals surface area contributed by atoms with Crippen molar-refractivity contribution < 1.29 is 19.4 Å². The van der Waals surface area contributed by atoms with Crippen LogP contribution in [0, 0.1) is 13.8 Å². The van der Waals surface area contributed by atoms with Crippen molar-refractivity contribution >= 4 is 29.0 Å². The van der Waals surface area contributed by atoms with Crippen LogP contribution >= 0.6 is 12.2 Å². The quantitative estimate of drug-likeness (QED) is 0.184. The van der Waals surface area contributed by atoms with Crippen molar-refractivity contribution in [2.45, 2.75) is 25.9 Å². The molecule has 1 saturated heterocycles. The van der Waals surface area contributed by atoms with Gasteiger partial charge in [-0.1, -0.05) is 12.1 Å². The Morgan fingerprint density at radius 2 is 1.58 bits per heavy atom. The van der Waals surface area contributed by atoms with E-state index in [2.05, 4.69) is 32.8 Å². The van der Waals surface area contributed by atoms with Crippen molar-refractivity contribution in [1.82, 2.24) is 14.9 Å². The minimum absolute atomic E-state index is 0.219. The molecule has 0 amide bonds. The topological polar surface area (TPSA) is 88.9 Å². The molecule has 1 aliphatic heterocycles. The standard InChI is InChI=1S/C34H30N4O4S/c1-21-19-29(22(2)37(21)25-8-6-7-23(20-25)33(39)40)32-31(30-9-4-5-18-35-30)36-34(43)38(32)24-10-12-27(13-11-24)42-28-16-14-26(41-3)15-17-28/h4-20,31-32H,1-3H3,(H,36,43)(H,39,40)/t31-,32+/m0/s1. The largest absolute Gasteiger partial charge is 0.497 e. The highest BCUT2D eigenvalue weighted by Gasteiger charge is 2.42. The smallest absolute Gasteiger partial charge is 0.335 e. The van der Waals surface area contributed by atoms with Crippen LogP contribution in [0.25, 0.3) is 5.69 Å². The predicted molar refractivity (Wildman–Crippen MR) is 170 cm³/mol. The number of thiocarbonyl (C=S) groups is 1. The third-order valence-electron chi connectivity index (χ3n) is 7.65. The first kappa shape index (κ1) is 28.0. The van der Waals surface area contributed by atoms with Gasteiger partial charge in [0.1, 0.15) is 17.2 Å². The minimum atomic E-state index is -0.962. The number of rotatable bonds is 8. The molecule has 0 radical (unpaired) electrons. The summed E-state index contributed by atoms with van der Waals surface area (Å²) in [7, 11) is 1.63. The number of nitrogens with one attached hydrogen (secondary N) is 1. The first-order chi connectivity index (χ1) is 20.8. The van der Waals surface area contributed by atoms with E-state index in [4.69, 9.17) is 21.7 Å². The maximum atomic E-state index is 11.7. The average Bonchev–Trinajstić information content (AvgIpc) is 3.52. The minimum Gasteiger partial charge on any atom is -0.497 e. The number of nitrogens with zero attached hydrogens (tertiary/aromatic N) is 3. The number of pyridine rings is 1. The molecule has 3 heterocycles. The van der Waals surface area contributed by atoms with Gasteiger partial charge in [-0.25, -0.2) is 4.79 Å². The molecule has 6 rings (SSSR count). The van der Waals surface area contributed by atoms with Crippen LogP contribution in [0.2, 0.25) is 0 Å². The molecule has 3 aromatic carbocycles. The normalized spacial score (nSPS) is 16.2. The molecule has 2 N–H and O–H groups in total. The van der Waals surface area contributed by atoms with E-state index in [1.165, 1.54) is 0 Å². The molecule has 0 saturated carbocycles. The summed E-state index contributed by atoms with van der Waals surface area (Å²) in [6, 6.07) is 29.8. The van der Waals surface area contributed by atoms with Gasteiger partial charge in [-0.15, -0.1) is 0 Å². The Labute approximate surface area is 255 Å². The summed E-state index contributed by atoms with van der Waals surface area (Å²) in [6.45, 7) is 4.08. The Morgan fingerprint density at radius 1 is 0.884 bits per heavy atom. The molecular formula is C34H30N4O4S. The zero-order valence-corrected chi connectivity index (χ0v) is 24.7. The first-order valence-electron chi connectivity index (χ1n) is 13.8. The lowest BCUT2D eigenvalue weighted by atomic mass is 9.96. The molecule has 43 heavy (non-hydrogen) atoms. The van der Waals surface area contributed by atoms with Gasteiger partial charge < -0.3 is 29.4 Å². The molecule has 9 heteroatoms. The second-order valence-corrected chi connectivity index (χ2v) is 10.7. The van der Waals surface area contributed by atoms with Gasteiger partial charge in [0.15, 0.2) is 5.11 Å². The molecular weight excluding hydrogens is 560 g/mol. The number of hydrogen-bond donors (Lipinski definition) is 2. The number of aromatic carboxylic acids is 1. The van der Waals surface area contributed by atoms with E-state index >= 15 is 0 Å². The van der Waals surface area contributed by atoms with E-state index in [0.29, 0.717) is 16.6 Å². The van der Waals surface area contributed by atoms with E-state index in [1.54, 1.807) is 31.5 Å². The number of ether oxygens (including phenoxy) is 2. The summed E-state index contributed by atoms with van der Waals surface area (Å²) in [4.78, 5) is 18.5. The number of methoxy groups -OCH3 is 1. The summed E-state index contributed by atoms with van der Waals surface area (Å²) in [5.74, 6) is 1.21. The van der Waals surface area contributed by atoms with Crippen LogP contribution in [0.4, 0.5) is 5.69 Å². The fraction of sp³-hybridized carbons (Fsp3) is 0.147. The molecule has 2 aromatic heterocycles. The number of anilines is 1. The first-order valence-corrected chi connectivity index (χ1v) is 14.2. The summed E-state index contributed by atoms with van der Waals surface area (Å²) in [5, 5.41) is 13.7. The summed E-state index contributed by atoms with van der Waals surface area (Å²) in [6.07, 6.45) is 1.78. The van der Waals surface area contributed by atoms with Crippen LogP contribution in [-0.2, 0) is 0 Å². The molecule has 2 atom stereocenters. The second-order valence-electron chi connectivity index (χ2n) is 10.3. The fourth-order valence-electron chi connectivity index (χ4n) is 5.67. The third kappa shape index (κ3) is 5.42. The van der Waals surface area contributed by atoms with Gasteiger partial charge in [0.05, 0.1) is 30.5 Å². The monoisotopic (exact) mass is 590 g/mol. The lowest BCUT2D eigenvalue weighted by Gasteiger charge is -2.28. The Balaban J connectivity index is 1.39. The number of carboxylic acids is 1. The summed E-state index contributed by atoms with van der Waals surface area (Å²) in [5.41, 5.74) is 5.82. The lowest BCUT2D eigenvalue weighted by molar-refractivity contribution is 0.0697. The molecule has 0 unspecified atom stereocenters. The Hall–Kier alpha value is -5.15.